The van der Waals surface area contributed by atoms with Crippen LogP contribution in [0.25, 0.3) is 43.6 Å². The van der Waals surface area contributed by atoms with Crippen LogP contribution in [0.1, 0.15) is 33.4 Å². The summed E-state index contributed by atoms with van der Waals surface area (Å²) in [4.78, 5) is 29.5. The molecular formula is C27H20F2N2O7. The third kappa shape index (κ3) is 2.90. The fraction of sp³-hybridized carbons (Fsp3) is 0.259. The first-order chi connectivity index (χ1) is 18.2. The molecule has 11 heteroatoms. The molecule has 2 aromatic heterocycles. The minimum atomic E-state index is -1.70. The highest BCUT2D eigenvalue weighted by atomic mass is 19.1. The van der Waals surface area contributed by atoms with Crippen molar-refractivity contribution in [1.29, 1.82) is 0 Å². The second-order valence-electron chi connectivity index (χ2n) is 9.81. The quantitative estimate of drug-likeness (QED) is 0.224. The lowest BCUT2D eigenvalue weighted by molar-refractivity contribution is -0.249. The van der Waals surface area contributed by atoms with E-state index in [2.05, 4.69) is 4.98 Å². The molecule has 1 fully saturated rings. The van der Waals surface area contributed by atoms with Gasteiger partial charge in [0.1, 0.15) is 36.1 Å². The Labute approximate surface area is 211 Å². The van der Waals surface area contributed by atoms with Crippen molar-refractivity contribution >= 4 is 55.2 Å². The zero-order valence-corrected chi connectivity index (χ0v) is 19.5. The summed E-state index contributed by atoms with van der Waals surface area (Å²) in [7, 11) is 0. The number of rotatable bonds is 2. The van der Waals surface area contributed by atoms with Crippen LogP contribution in [0, 0.1) is 11.6 Å². The average molecular weight is 522 g/mol. The van der Waals surface area contributed by atoms with Crippen LogP contribution >= 0.6 is 0 Å². The summed E-state index contributed by atoms with van der Waals surface area (Å²) in [6, 6.07) is 7.76. The predicted octanol–water partition coefficient (Wildman–Crippen LogP) is 2.45. The number of benzene rings is 3. The number of halogens is 2. The standard InChI is InChI=1S/C27H20F2N2O7/c28-9-1-3-13-11(5-9)18-20-15(33)7-16(34)21(20)19-12-6-10(29)2-4-14(12)31(23(19)22(18)30-13)27-26(37)25(36)24(35)17(8-32)38-27/h1-6,17,24-27,30,32,35-37H,7-8H2/t17-,24-,25+,26-,27?/m1/s1. The van der Waals surface area contributed by atoms with Gasteiger partial charge in [0.15, 0.2) is 17.8 Å². The molecule has 194 valence electrons. The Bertz CT molecular complexity index is 1860. The van der Waals surface area contributed by atoms with E-state index in [9.17, 15) is 38.8 Å². The third-order valence-electron chi connectivity index (χ3n) is 7.71. The van der Waals surface area contributed by atoms with Crippen LogP contribution in [-0.4, -0.2) is 72.6 Å². The van der Waals surface area contributed by atoms with Gasteiger partial charge in [-0.3, -0.25) is 9.59 Å². The van der Waals surface area contributed by atoms with Gasteiger partial charge in [0, 0.05) is 38.2 Å². The van der Waals surface area contributed by atoms with Gasteiger partial charge in [-0.15, -0.1) is 0 Å². The highest BCUT2D eigenvalue weighted by Crippen LogP contribution is 2.47. The summed E-state index contributed by atoms with van der Waals surface area (Å²) in [5, 5.41) is 42.8. The number of hydrogen-bond acceptors (Lipinski definition) is 7. The first kappa shape index (κ1) is 23.4. The fourth-order valence-corrected chi connectivity index (χ4v) is 6.08. The summed E-state index contributed by atoms with van der Waals surface area (Å²) in [6.45, 7) is -0.670. The van der Waals surface area contributed by atoms with Crippen LogP contribution in [0.15, 0.2) is 36.4 Å². The monoisotopic (exact) mass is 522 g/mol. The number of carbonyl (C=O) groups excluding carboxylic acids is 2. The Kier molecular flexibility index (Phi) is 4.85. The molecule has 0 spiro atoms. The highest BCUT2D eigenvalue weighted by molar-refractivity contribution is 6.40. The van der Waals surface area contributed by atoms with E-state index in [-0.39, 0.29) is 27.4 Å². The van der Waals surface area contributed by atoms with E-state index in [1.807, 2.05) is 0 Å². The van der Waals surface area contributed by atoms with Crippen LogP contribution < -0.4 is 0 Å². The van der Waals surface area contributed by atoms with Gasteiger partial charge in [0.2, 0.25) is 0 Å². The number of fused-ring (bicyclic) bond motifs is 10. The number of aromatic amines is 1. The van der Waals surface area contributed by atoms with Crippen LogP contribution in [0.4, 0.5) is 8.78 Å². The highest BCUT2D eigenvalue weighted by Gasteiger charge is 2.46. The van der Waals surface area contributed by atoms with Crippen molar-refractivity contribution in [2.45, 2.75) is 37.1 Å². The number of nitrogens with one attached hydrogen (secondary N) is 1. The molecule has 1 unspecified atom stereocenters. The summed E-state index contributed by atoms with van der Waals surface area (Å²) < 4.78 is 36.2. The second kappa shape index (κ2) is 7.88. The number of H-pyrrole nitrogens is 1. The number of ketones is 2. The van der Waals surface area contributed by atoms with Gasteiger partial charge in [0.25, 0.3) is 0 Å². The lowest BCUT2D eigenvalue weighted by Gasteiger charge is -2.41. The fourth-order valence-electron chi connectivity index (χ4n) is 6.08. The van der Waals surface area contributed by atoms with E-state index in [1.165, 1.54) is 41.0 Å². The molecule has 1 aliphatic carbocycles. The lowest BCUT2D eigenvalue weighted by Crippen LogP contribution is -2.56. The number of carbonyl (C=O) groups is 2. The van der Waals surface area contributed by atoms with Crippen molar-refractivity contribution in [2.75, 3.05) is 6.61 Å². The normalized spacial score (nSPS) is 25.9. The van der Waals surface area contributed by atoms with Crippen molar-refractivity contribution in [1.82, 2.24) is 9.55 Å². The molecule has 5 N–H and O–H groups in total. The van der Waals surface area contributed by atoms with Gasteiger partial charge < -0.3 is 34.7 Å². The maximum absolute atomic E-state index is 14.6. The molecule has 0 amide bonds. The number of aliphatic hydroxyl groups is 4. The molecule has 5 atom stereocenters. The van der Waals surface area contributed by atoms with Gasteiger partial charge >= 0.3 is 0 Å². The molecule has 1 aliphatic heterocycles. The van der Waals surface area contributed by atoms with E-state index in [0.29, 0.717) is 27.3 Å². The van der Waals surface area contributed by atoms with Crippen molar-refractivity contribution in [3.8, 4) is 0 Å². The number of Topliss-reactive ketones (excluding diaryl/α,β-unsaturated/α-hetero) is 2. The van der Waals surface area contributed by atoms with Gasteiger partial charge in [-0.25, -0.2) is 8.78 Å². The lowest BCUT2D eigenvalue weighted by atomic mass is 9.96. The molecule has 3 aromatic carbocycles. The molecule has 9 nitrogen and oxygen atoms in total. The Morgan fingerprint density at radius 3 is 2.26 bits per heavy atom. The molecule has 5 aromatic rings. The minimum Gasteiger partial charge on any atom is -0.394 e. The number of ether oxygens (including phenoxy) is 1. The smallest absolute Gasteiger partial charge is 0.172 e. The maximum atomic E-state index is 14.6. The maximum Gasteiger partial charge on any atom is 0.172 e. The Morgan fingerprint density at radius 2 is 1.55 bits per heavy atom. The Balaban J connectivity index is 1.72. The first-order valence-electron chi connectivity index (χ1n) is 12.0. The average Bonchev–Trinajstić information content (AvgIpc) is 3.51. The Morgan fingerprint density at radius 1 is 0.895 bits per heavy atom. The number of hydrogen-bond donors (Lipinski definition) is 5. The molecule has 3 heterocycles. The zero-order chi connectivity index (χ0) is 26.6. The van der Waals surface area contributed by atoms with Crippen molar-refractivity contribution < 1.29 is 43.5 Å². The second-order valence-corrected chi connectivity index (χ2v) is 9.81. The van der Waals surface area contributed by atoms with E-state index < -0.39 is 66.9 Å². The van der Waals surface area contributed by atoms with E-state index in [4.69, 9.17) is 4.74 Å². The van der Waals surface area contributed by atoms with Crippen LogP contribution in [0.2, 0.25) is 0 Å². The van der Waals surface area contributed by atoms with Gasteiger partial charge in [0.05, 0.1) is 29.6 Å². The molecule has 0 bridgehead atoms. The summed E-state index contributed by atoms with van der Waals surface area (Å²) >= 11 is 0. The SMILES string of the molecule is O=C1CC(=O)c2c1c1c3cc(F)ccc3[nH]c1c1c2c2cc(F)ccc2n1C1O[C@H](CO)[C@@H](O)[C@H](O)[C@H]1O. The van der Waals surface area contributed by atoms with Crippen molar-refractivity contribution in [3.05, 3.63) is 59.2 Å². The van der Waals surface area contributed by atoms with E-state index in [1.54, 1.807) is 0 Å². The number of aromatic nitrogens is 2. The summed E-state index contributed by atoms with van der Waals surface area (Å²) in [5.74, 6) is -2.11. The van der Waals surface area contributed by atoms with Crippen LogP contribution in [-0.2, 0) is 4.74 Å². The molecule has 1 saturated heterocycles. The van der Waals surface area contributed by atoms with E-state index in [0.717, 1.165) is 0 Å². The van der Waals surface area contributed by atoms with E-state index >= 15 is 0 Å². The zero-order valence-electron chi connectivity index (χ0n) is 19.5. The number of nitrogens with zero attached hydrogens (tertiary/aromatic N) is 1. The largest absolute Gasteiger partial charge is 0.394 e. The first-order valence-corrected chi connectivity index (χ1v) is 12.0. The van der Waals surface area contributed by atoms with Gasteiger partial charge in [-0.05, 0) is 36.4 Å². The van der Waals surface area contributed by atoms with Crippen molar-refractivity contribution in [2.24, 2.45) is 0 Å². The molecular weight excluding hydrogens is 502 g/mol. The predicted molar refractivity (Wildman–Crippen MR) is 131 cm³/mol. The van der Waals surface area contributed by atoms with Crippen molar-refractivity contribution in [3.63, 3.8) is 0 Å². The summed E-state index contributed by atoms with van der Waals surface area (Å²) in [6.07, 6.45) is -8.06. The van der Waals surface area contributed by atoms with Crippen LogP contribution in [0.5, 0.6) is 0 Å². The molecule has 38 heavy (non-hydrogen) atoms. The third-order valence-corrected chi connectivity index (χ3v) is 7.71. The molecule has 0 radical (unpaired) electrons. The van der Waals surface area contributed by atoms with Crippen LogP contribution in [0.3, 0.4) is 0 Å². The molecule has 2 aliphatic rings. The topological polar surface area (TPSA) is 145 Å². The molecule has 0 saturated carbocycles. The summed E-state index contributed by atoms with van der Waals surface area (Å²) in [5.41, 5.74) is 1.50. The van der Waals surface area contributed by atoms with Gasteiger partial charge in [-0.1, -0.05) is 0 Å². The molecule has 7 rings (SSSR count). The number of aliphatic hydroxyl groups excluding tert-OH is 4. The van der Waals surface area contributed by atoms with Gasteiger partial charge in [-0.2, -0.15) is 0 Å². The minimum absolute atomic E-state index is 0.0570. The Hall–Kier alpha value is -3.74.